The van der Waals surface area contributed by atoms with Gasteiger partial charge in [-0.05, 0) is 37.5 Å². The van der Waals surface area contributed by atoms with E-state index >= 15 is 0 Å². The number of nitrogens with zero attached hydrogens (tertiary/aromatic N) is 1. The highest BCUT2D eigenvalue weighted by atomic mass is 16.4. The fourth-order valence-corrected chi connectivity index (χ4v) is 3.44. The van der Waals surface area contributed by atoms with Crippen molar-refractivity contribution in [3.05, 3.63) is 0 Å². The van der Waals surface area contributed by atoms with Gasteiger partial charge in [0, 0.05) is 25.6 Å². The van der Waals surface area contributed by atoms with Crippen LogP contribution in [0.4, 0.5) is 4.79 Å². The van der Waals surface area contributed by atoms with Crippen LogP contribution in [0.2, 0.25) is 0 Å². The lowest BCUT2D eigenvalue weighted by Gasteiger charge is -2.36. The number of urea groups is 1. The van der Waals surface area contributed by atoms with Crippen LogP contribution in [0, 0.1) is 11.8 Å². The molecule has 1 heterocycles. The predicted octanol–water partition coefficient (Wildman–Crippen LogP) is 2.46. The van der Waals surface area contributed by atoms with Crippen LogP contribution in [0.15, 0.2) is 0 Å². The van der Waals surface area contributed by atoms with Crippen molar-refractivity contribution in [1.82, 2.24) is 10.2 Å². The quantitative estimate of drug-likeness (QED) is 0.832. The number of carbonyl (C=O) groups excluding carboxylic acids is 1. The van der Waals surface area contributed by atoms with Gasteiger partial charge in [0.1, 0.15) is 0 Å². The Hall–Kier alpha value is -1.26. The van der Waals surface area contributed by atoms with Crippen LogP contribution >= 0.6 is 0 Å². The minimum atomic E-state index is -0.745. The smallest absolute Gasteiger partial charge is 0.317 e. The van der Waals surface area contributed by atoms with E-state index in [0.29, 0.717) is 18.5 Å². The standard InChI is InChI=1S/C15H26N2O3/c1-11(9-14(18)19)12-5-4-8-17(10-12)15(20)16-13-6-2-3-7-13/h11-13H,2-10H2,1H3,(H,16,20)(H,18,19). The van der Waals surface area contributed by atoms with Crippen molar-refractivity contribution >= 4 is 12.0 Å². The van der Waals surface area contributed by atoms with Crippen molar-refractivity contribution in [1.29, 1.82) is 0 Å². The molecular formula is C15H26N2O3. The summed E-state index contributed by atoms with van der Waals surface area (Å²) in [7, 11) is 0. The Morgan fingerprint density at radius 1 is 1.25 bits per heavy atom. The number of carboxylic acid groups (broad SMARTS) is 1. The molecule has 0 spiro atoms. The van der Waals surface area contributed by atoms with Gasteiger partial charge in [0.2, 0.25) is 0 Å². The molecule has 2 N–H and O–H groups in total. The summed E-state index contributed by atoms with van der Waals surface area (Å²) in [5.74, 6) is -0.297. The van der Waals surface area contributed by atoms with E-state index in [2.05, 4.69) is 5.32 Å². The second-order valence-electron chi connectivity index (χ2n) is 6.35. The van der Waals surface area contributed by atoms with E-state index in [-0.39, 0.29) is 18.4 Å². The van der Waals surface area contributed by atoms with E-state index in [0.717, 1.165) is 32.2 Å². The molecule has 1 saturated carbocycles. The molecule has 2 unspecified atom stereocenters. The Labute approximate surface area is 120 Å². The van der Waals surface area contributed by atoms with Gasteiger partial charge in [0.15, 0.2) is 0 Å². The van der Waals surface area contributed by atoms with Gasteiger partial charge in [-0.15, -0.1) is 0 Å². The number of rotatable bonds is 4. The van der Waals surface area contributed by atoms with Crippen molar-refractivity contribution in [3.8, 4) is 0 Å². The van der Waals surface area contributed by atoms with Crippen LogP contribution in [-0.4, -0.2) is 41.1 Å². The third-order valence-electron chi connectivity index (χ3n) is 4.73. The van der Waals surface area contributed by atoms with Crippen molar-refractivity contribution in [2.45, 2.75) is 57.9 Å². The number of nitrogens with one attached hydrogen (secondary N) is 1. The largest absolute Gasteiger partial charge is 0.481 e. The zero-order valence-electron chi connectivity index (χ0n) is 12.3. The summed E-state index contributed by atoms with van der Waals surface area (Å²) in [5.41, 5.74) is 0. The van der Waals surface area contributed by atoms with E-state index in [1.807, 2.05) is 11.8 Å². The lowest BCUT2D eigenvalue weighted by molar-refractivity contribution is -0.138. The number of likely N-dealkylation sites (tertiary alicyclic amines) is 1. The summed E-state index contributed by atoms with van der Waals surface area (Å²) in [6.45, 7) is 3.49. The number of carbonyl (C=O) groups is 2. The summed E-state index contributed by atoms with van der Waals surface area (Å²) >= 11 is 0. The molecule has 2 aliphatic rings. The number of carboxylic acids is 1. The summed E-state index contributed by atoms with van der Waals surface area (Å²) < 4.78 is 0. The topological polar surface area (TPSA) is 69.6 Å². The van der Waals surface area contributed by atoms with Crippen LogP contribution in [0.3, 0.4) is 0 Å². The van der Waals surface area contributed by atoms with Crippen LogP contribution in [-0.2, 0) is 4.79 Å². The Kier molecular flexibility index (Phi) is 5.26. The zero-order valence-corrected chi connectivity index (χ0v) is 12.3. The van der Waals surface area contributed by atoms with Gasteiger partial charge < -0.3 is 15.3 Å². The molecule has 0 bridgehead atoms. The molecule has 2 amide bonds. The summed E-state index contributed by atoms with van der Waals surface area (Å²) in [6, 6.07) is 0.392. The third kappa shape index (κ3) is 4.12. The van der Waals surface area contributed by atoms with Crippen LogP contribution in [0.1, 0.15) is 51.9 Å². The number of aliphatic carboxylic acids is 1. The number of hydrogen-bond donors (Lipinski definition) is 2. The van der Waals surface area contributed by atoms with Crippen LogP contribution in [0.25, 0.3) is 0 Å². The number of hydrogen-bond acceptors (Lipinski definition) is 2. The first-order chi connectivity index (χ1) is 9.56. The average Bonchev–Trinajstić information content (AvgIpc) is 2.91. The Bertz CT molecular complexity index is 353. The second kappa shape index (κ2) is 6.95. The van der Waals surface area contributed by atoms with Gasteiger partial charge in [0.05, 0.1) is 0 Å². The summed E-state index contributed by atoms with van der Waals surface area (Å²) in [6.07, 6.45) is 6.82. The molecule has 0 aromatic heterocycles. The van der Waals surface area contributed by atoms with Crippen molar-refractivity contribution in [2.75, 3.05) is 13.1 Å². The predicted molar refractivity (Wildman–Crippen MR) is 76.5 cm³/mol. The maximum absolute atomic E-state index is 12.2. The van der Waals surface area contributed by atoms with Crippen LogP contribution in [0.5, 0.6) is 0 Å². The van der Waals surface area contributed by atoms with Gasteiger partial charge >= 0.3 is 12.0 Å². The zero-order chi connectivity index (χ0) is 14.5. The average molecular weight is 282 g/mol. The molecule has 2 atom stereocenters. The molecule has 1 aliphatic heterocycles. The van der Waals surface area contributed by atoms with E-state index in [1.165, 1.54) is 12.8 Å². The van der Waals surface area contributed by atoms with Gasteiger partial charge in [-0.1, -0.05) is 19.8 Å². The number of piperidine rings is 1. The Morgan fingerprint density at radius 2 is 1.95 bits per heavy atom. The number of amides is 2. The highest BCUT2D eigenvalue weighted by Crippen LogP contribution is 2.26. The molecule has 20 heavy (non-hydrogen) atoms. The fraction of sp³-hybridized carbons (Fsp3) is 0.867. The van der Waals surface area contributed by atoms with E-state index in [1.54, 1.807) is 0 Å². The molecule has 5 heteroatoms. The highest BCUT2D eigenvalue weighted by Gasteiger charge is 2.29. The van der Waals surface area contributed by atoms with Crippen molar-refractivity contribution in [3.63, 3.8) is 0 Å². The van der Waals surface area contributed by atoms with Gasteiger partial charge in [-0.3, -0.25) is 4.79 Å². The first-order valence-corrected chi connectivity index (χ1v) is 7.83. The lowest BCUT2D eigenvalue weighted by atomic mass is 9.85. The Morgan fingerprint density at radius 3 is 2.60 bits per heavy atom. The monoisotopic (exact) mass is 282 g/mol. The molecular weight excluding hydrogens is 256 g/mol. The molecule has 0 aromatic rings. The van der Waals surface area contributed by atoms with Crippen LogP contribution < -0.4 is 5.32 Å². The lowest BCUT2D eigenvalue weighted by Crippen LogP contribution is -2.49. The molecule has 2 fully saturated rings. The molecule has 114 valence electrons. The third-order valence-corrected chi connectivity index (χ3v) is 4.73. The normalized spacial score (nSPS) is 25.4. The fourth-order valence-electron chi connectivity index (χ4n) is 3.44. The van der Waals surface area contributed by atoms with Gasteiger partial charge in [-0.25, -0.2) is 4.79 Å². The van der Waals surface area contributed by atoms with E-state index in [9.17, 15) is 9.59 Å². The van der Waals surface area contributed by atoms with E-state index < -0.39 is 5.97 Å². The summed E-state index contributed by atoms with van der Waals surface area (Å²) in [5, 5.41) is 12.0. The van der Waals surface area contributed by atoms with Gasteiger partial charge in [0.25, 0.3) is 0 Å². The molecule has 0 aromatic carbocycles. The van der Waals surface area contributed by atoms with Crippen molar-refractivity contribution < 1.29 is 14.7 Å². The first-order valence-electron chi connectivity index (χ1n) is 7.83. The molecule has 1 aliphatic carbocycles. The molecule has 5 nitrogen and oxygen atoms in total. The molecule has 1 saturated heterocycles. The maximum Gasteiger partial charge on any atom is 0.317 e. The highest BCUT2D eigenvalue weighted by molar-refractivity contribution is 5.74. The SMILES string of the molecule is CC(CC(=O)O)C1CCCN(C(=O)NC2CCCC2)C1. The van der Waals surface area contributed by atoms with Crippen molar-refractivity contribution in [2.24, 2.45) is 11.8 Å². The minimum absolute atomic E-state index is 0.0455. The second-order valence-corrected chi connectivity index (χ2v) is 6.35. The minimum Gasteiger partial charge on any atom is -0.481 e. The Balaban J connectivity index is 1.82. The van der Waals surface area contributed by atoms with Gasteiger partial charge in [-0.2, -0.15) is 0 Å². The summed E-state index contributed by atoms with van der Waals surface area (Å²) in [4.78, 5) is 24.9. The molecule has 0 radical (unpaired) electrons. The van der Waals surface area contributed by atoms with E-state index in [4.69, 9.17) is 5.11 Å². The molecule has 2 rings (SSSR count). The first kappa shape index (κ1) is 15.1. The maximum atomic E-state index is 12.2.